The fourth-order valence-electron chi connectivity index (χ4n) is 2.53. The van der Waals surface area contributed by atoms with Gasteiger partial charge in [-0.3, -0.25) is 9.59 Å². The summed E-state index contributed by atoms with van der Waals surface area (Å²) in [6.45, 7) is -0.303. The van der Waals surface area contributed by atoms with E-state index < -0.39 is 23.9 Å². The van der Waals surface area contributed by atoms with Crippen LogP contribution in [-0.4, -0.2) is 25.6 Å². The number of hydrogen-bond acceptors (Lipinski definition) is 6. The van der Waals surface area contributed by atoms with E-state index in [0.29, 0.717) is 10.8 Å². The number of amides is 1. The summed E-state index contributed by atoms with van der Waals surface area (Å²) in [6.07, 6.45) is 0. The number of rotatable bonds is 6. The summed E-state index contributed by atoms with van der Waals surface area (Å²) in [5.74, 6) is -1.08. The number of para-hydroxylation sites is 1. The average molecular weight is 402 g/mol. The Kier molecular flexibility index (Phi) is 5.96. The smallest absolute Gasteiger partial charge is 0.374 e. The highest BCUT2D eigenvalue weighted by Gasteiger charge is 2.16. The Balaban J connectivity index is 1.60. The molecule has 0 atom stereocenters. The van der Waals surface area contributed by atoms with E-state index in [1.54, 1.807) is 12.1 Å². The molecule has 7 nitrogen and oxygen atoms in total. The second-order valence-corrected chi connectivity index (χ2v) is 6.22. The van der Waals surface area contributed by atoms with E-state index in [2.05, 4.69) is 5.32 Å². The number of esters is 1. The van der Waals surface area contributed by atoms with Crippen molar-refractivity contribution in [2.24, 2.45) is 0 Å². The first-order valence-corrected chi connectivity index (χ1v) is 8.65. The molecule has 0 radical (unpaired) electrons. The highest BCUT2D eigenvalue weighted by molar-refractivity contribution is 6.31. The van der Waals surface area contributed by atoms with Crippen LogP contribution in [0.15, 0.2) is 57.7 Å². The van der Waals surface area contributed by atoms with Crippen molar-refractivity contribution in [3.8, 4) is 5.75 Å². The lowest BCUT2D eigenvalue weighted by atomic mass is 10.2. The van der Waals surface area contributed by atoms with Crippen LogP contribution in [0.4, 0.5) is 0 Å². The topological polar surface area (TPSA) is 94.8 Å². The first kappa shape index (κ1) is 19.4. The second kappa shape index (κ2) is 8.58. The number of carbonyl (C=O) groups excluding carboxylic acids is 2. The Morgan fingerprint density at radius 3 is 2.71 bits per heavy atom. The summed E-state index contributed by atoms with van der Waals surface area (Å²) >= 11 is 5.85. The average Bonchev–Trinajstić information content (AvgIpc) is 2.71. The van der Waals surface area contributed by atoms with Gasteiger partial charge < -0.3 is 19.2 Å². The number of benzene rings is 2. The van der Waals surface area contributed by atoms with Gasteiger partial charge in [-0.15, -0.1) is 0 Å². The van der Waals surface area contributed by atoms with Crippen LogP contribution in [0.25, 0.3) is 11.0 Å². The first-order valence-electron chi connectivity index (χ1n) is 8.27. The highest BCUT2D eigenvalue weighted by atomic mass is 35.5. The standard InChI is InChI=1S/C20H16ClNO6/c1-26-16-5-3-2-4-12(16)10-22-19(24)11-27-20(25)18-9-15(23)14-8-13(21)6-7-17(14)28-18/h2-9H,10-11H2,1H3,(H,22,24). The maximum Gasteiger partial charge on any atom is 0.374 e. The van der Waals surface area contributed by atoms with Crippen LogP contribution in [0.5, 0.6) is 5.75 Å². The normalized spacial score (nSPS) is 10.5. The lowest BCUT2D eigenvalue weighted by molar-refractivity contribution is -0.124. The SMILES string of the molecule is COc1ccccc1CNC(=O)COC(=O)c1cc(=O)c2cc(Cl)ccc2o1. The minimum absolute atomic E-state index is 0.199. The van der Waals surface area contributed by atoms with Gasteiger partial charge >= 0.3 is 5.97 Å². The molecule has 8 heteroatoms. The van der Waals surface area contributed by atoms with E-state index in [-0.39, 0.29) is 23.3 Å². The molecule has 28 heavy (non-hydrogen) atoms. The van der Waals surface area contributed by atoms with Crippen molar-refractivity contribution < 1.29 is 23.5 Å². The van der Waals surface area contributed by atoms with Crippen LogP contribution in [0.1, 0.15) is 16.1 Å². The predicted molar refractivity (Wildman–Crippen MR) is 103 cm³/mol. The van der Waals surface area contributed by atoms with Crippen LogP contribution >= 0.6 is 11.6 Å². The molecule has 2 aromatic carbocycles. The largest absolute Gasteiger partial charge is 0.496 e. The summed E-state index contributed by atoms with van der Waals surface area (Å²) in [7, 11) is 1.54. The van der Waals surface area contributed by atoms with Crippen LogP contribution in [0.2, 0.25) is 5.02 Å². The molecule has 1 N–H and O–H groups in total. The molecule has 3 aromatic rings. The van der Waals surface area contributed by atoms with E-state index in [9.17, 15) is 14.4 Å². The third kappa shape index (κ3) is 4.50. The number of fused-ring (bicyclic) bond motifs is 1. The molecule has 1 aromatic heterocycles. The molecule has 0 aliphatic carbocycles. The molecule has 0 bridgehead atoms. The molecule has 0 unspecified atom stereocenters. The zero-order chi connectivity index (χ0) is 20.1. The summed E-state index contributed by atoms with van der Waals surface area (Å²) < 4.78 is 15.5. The quantitative estimate of drug-likeness (QED) is 0.638. The highest BCUT2D eigenvalue weighted by Crippen LogP contribution is 2.18. The van der Waals surface area contributed by atoms with E-state index in [0.717, 1.165) is 11.6 Å². The molecular weight excluding hydrogens is 386 g/mol. The molecule has 3 rings (SSSR count). The maximum atomic E-state index is 12.1. The molecule has 0 aliphatic heterocycles. The van der Waals surface area contributed by atoms with Gasteiger partial charge in [-0.05, 0) is 24.3 Å². The van der Waals surface area contributed by atoms with Gasteiger partial charge in [-0.25, -0.2) is 4.79 Å². The summed E-state index contributed by atoms with van der Waals surface area (Å²) in [4.78, 5) is 36.1. The molecule has 0 spiro atoms. The van der Waals surface area contributed by atoms with Gasteiger partial charge in [0.2, 0.25) is 5.76 Å². The predicted octanol–water partition coefficient (Wildman–Crippen LogP) is 2.93. The van der Waals surface area contributed by atoms with Gasteiger partial charge in [0, 0.05) is 23.2 Å². The molecule has 1 amide bonds. The number of nitrogens with one attached hydrogen (secondary N) is 1. The van der Waals surface area contributed by atoms with Gasteiger partial charge in [-0.1, -0.05) is 29.8 Å². The van der Waals surface area contributed by atoms with Crippen LogP contribution in [0, 0.1) is 0 Å². The second-order valence-electron chi connectivity index (χ2n) is 5.78. The van der Waals surface area contributed by atoms with Crippen molar-refractivity contribution >= 4 is 34.4 Å². The molecule has 0 fully saturated rings. The van der Waals surface area contributed by atoms with Crippen molar-refractivity contribution in [1.29, 1.82) is 0 Å². The molecule has 0 saturated heterocycles. The van der Waals surface area contributed by atoms with E-state index in [1.807, 2.05) is 12.1 Å². The van der Waals surface area contributed by atoms with Gasteiger partial charge in [0.15, 0.2) is 12.0 Å². The van der Waals surface area contributed by atoms with Gasteiger partial charge in [-0.2, -0.15) is 0 Å². The van der Waals surface area contributed by atoms with Crippen molar-refractivity contribution in [2.75, 3.05) is 13.7 Å². The Labute approximate surface area is 164 Å². The lowest BCUT2D eigenvalue weighted by Gasteiger charge is -2.09. The Morgan fingerprint density at radius 1 is 1.14 bits per heavy atom. The first-order chi connectivity index (χ1) is 13.5. The third-order valence-corrected chi connectivity index (χ3v) is 4.13. The fraction of sp³-hybridized carbons (Fsp3) is 0.150. The van der Waals surface area contributed by atoms with Crippen molar-refractivity contribution in [3.05, 3.63) is 75.1 Å². The van der Waals surface area contributed by atoms with Crippen LogP contribution in [-0.2, 0) is 16.1 Å². The minimum atomic E-state index is -0.915. The number of methoxy groups -OCH3 is 1. The number of ether oxygens (including phenoxy) is 2. The Bertz CT molecular complexity index is 1090. The van der Waals surface area contributed by atoms with Crippen LogP contribution < -0.4 is 15.5 Å². The van der Waals surface area contributed by atoms with Gasteiger partial charge in [0.25, 0.3) is 5.91 Å². The van der Waals surface area contributed by atoms with Gasteiger partial charge in [0.05, 0.1) is 12.5 Å². The fourth-order valence-corrected chi connectivity index (χ4v) is 2.70. The van der Waals surface area contributed by atoms with Crippen molar-refractivity contribution in [1.82, 2.24) is 5.32 Å². The molecule has 144 valence electrons. The third-order valence-electron chi connectivity index (χ3n) is 3.89. The summed E-state index contributed by atoms with van der Waals surface area (Å²) in [5, 5.41) is 3.25. The number of halogens is 1. The van der Waals surface area contributed by atoms with Crippen molar-refractivity contribution in [2.45, 2.75) is 6.54 Å². The maximum absolute atomic E-state index is 12.1. The Hall–Kier alpha value is -3.32. The van der Waals surface area contributed by atoms with E-state index in [1.165, 1.54) is 25.3 Å². The zero-order valence-electron chi connectivity index (χ0n) is 14.9. The summed E-state index contributed by atoms with van der Waals surface area (Å²) in [5.41, 5.74) is 0.546. The minimum Gasteiger partial charge on any atom is -0.496 e. The molecular formula is C20H16ClNO6. The van der Waals surface area contributed by atoms with Crippen molar-refractivity contribution in [3.63, 3.8) is 0 Å². The van der Waals surface area contributed by atoms with E-state index in [4.69, 9.17) is 25.5 Å². The number of hydrogen-bond donors (Lipinski definition) is 1. The lowest BCUT2D eigenvalue weighted by Crippen LogP contribution is -2.28. The molecule has 0 saturated carbocycles. The van der Waals surface area contributed by atoms with Gasteiger partial charge in [0.1, 0.15) is 11.3 Å². The van der Waals surface area contributed by atoms with Crippen LogP contribution in [0.3, 0.4) is 0 Å². The monoisotopic (exact) mass is 401 g/mol. The molecule has 1 heterocycles. The zero-order valence-corrected chi connectivity index (χ0v) is 15.6. The molecule has 0 aliphatic rings. The number of carbonyl (C=O) groups is 2. The summed E-state index contributed by atoms with van der Waals surface area (Å²) in [6, 6.07) is 12.7. The van der Waals surface area contributed by atoms with E-state index >= 15 is 0 Å². The Morgan fingerprint density at radius 2 is 1.93 bits per heavy atom.